The monoisotopic (exact) mass is 418 g/mol. The molecule has 0 aromatic rings. The van der Waals surface area contributed by atoms with Crippen LogP contribution >= 0.6 is 0 Å². The Hall–Kier alpha value is -2.48. The van der Waals surface area contributed by atoms with Crippen molar-refractivity contribution in [2.75, 3.05) is 26.2 Å². The quantitative estimate of drug-likeness (QED) is 0.280. The fraction of sp³-hybridized carbons (Fsp3) is 0.818. The molecule has 0 amide bonds. The lowest BCUT2D eigenvalue weighted by Crippen LogP contribution is -2.38. The summed E-state index contributed by atoms with van der Waals surface area (Å²) in [6.45, 7) is 11.9. The van der Waals surface area contributed by atoms with E-state index in [4.69, 9.17) is 0 Å². The molecule has 0 radical (unpaired) electrons. The van der Waals surface area contributed by atoms with Gasteiger partial charge in [0.25, 0.3) is 0 Å². The number of nitrogens with zero attached hydrogens (tertiary/aromatic N) is 4. The average molecular weight is 419 g/mol. The van der Waals surface area contributed by atoms with E-state index in [1.807, 2.05) is 6.92 Å². The highest BCUT2D eigenvalue weighted by Gasteiger charge is 2.39. The zero-order valence-corrected chi connectivity index (χ0v) is 18.8. The van der Waals surface area contributed by atoms with Crippen molar-refractivity contribution in [1.82, 2.24) is 0 Å². The maximum absolute atomic E-state index is 10.8. The van der Waals surface area contributed by atoms with Crippen LogP contribution in [-0.4, -0.2) is 50.5 Å². The van der Waals surface area contributed by atoms with Crippen LogP contribution in [0.1, 0.15) is 60.3 Å². The zero-order valence-electron chi connectivity index (χ0n) is 18.8. The fourth-order valence-corrected chi connectivity index (χ4v) is 4.37. The van der Waals surface area contributed by atoms with Gasteiger partial charge in [-0.25, -0.2) is 39.1 Å². The molecule has 0 spiro atoms. The number of hydrogen-bond acceptors (Lipinski definition) is 8. The average Bonchev–Trinajstić information content (AvgIpc) is 2.69. The van der Waals surface area contributed by atoms with Gasteiger partial charge in [-0.1, -0.05) is 34.6 Å². The molecule has 0 rings (SSSR count). The molecule has 0 saturated carbocycles. The summed E-state index contributed by atoms with van der Waals surface area (Å²) in [5.74, 6) is 0.473. The summed E-state index contributed by atoms with van der Waals surface area (Å²) >= 11 is 0. The molecule has 30 heavy (non-hydrogen) atoms. The molecule has 4 unspecified atom stereocenters. The first-order chi connectivity index (χ1) is 14.2. The molecule has 0 saturated heterocycles. The lowest BCUT2D eigenvalue weighted by atomic mass is 9.62. The van der Waals surface area contributed by atoms with Crippen LogP contribution in [0.4, 0.5) is 0 Å². The van der Waals surface area contributed by atoms with Gasteiger partial charge in [0.2, 0.25) is 24.3 Å². The van der Waals surface area contributed by atoms with E-state index in [-0.39, 0.29) is 28.6 Å². The summed E-state index contributed by atoms with van der Waals surface area (Å²) < 4.78 is 0. The minimum atomic E-state index is -0.295. The van der Waals surface area contributed by atoms with E-state index in [9.17, 15) is 19.2 Å². The Morgan fingerprint density at radius 3 is 1.90 bits per heavy atom. The van der Waals surface area contributed by atoms with Crippen LogP contribution in [0.15, 0.2) is 20.0 Å². The van der Waals surface area contributed by atoms with Gasteiger partial charge in [-0.3, -0.25) is 0 Å². The summed E-state index contributed by atoms with van der Waals surface area (Å²) in [6, 6.07) is 0. The molecule has 0 heterocycles. The summed E-state index contributed by atoms with van der Waals surface area (Å²) in [6.07, 6.45) is 9.34. The number of rotatable bonds is 16. The number of hydrogen-bond donors (Lipinski definition) is 0. The Morgan fingerprint density at radius 2 is 1.33 bits per heavy atom. The van der Waals surface area contributed by atoms with Gasteiger partial charge in [0, 0.05) is 0 Å². The fourth-order valence-electron chi connectivity index (χ4n) is 4.37. The Morgan fingerprint density at radius 1 is 0.767 bits per heavy atom. The first kappa shape index (κ1) is 27.5. The topological polar surface area (TPSA) is 118 Å². The summed E-state index contributed by atoms with van der Waals surface area (Å²) in [4.78, 5) is 57.3. The van der Waals surface area contributed by atoms with Crippen LogP contribution < -0.4 is 0 Å². The van der Waals surface area contributed by atoms with Gasteiger partial charge in [-0.05, 0) is 54.3 Å². The van der Waals surface area contributed by atoms with Crippen LogP contribution in [0.2, 0.25) is 0 Å². The number of aliphatic imine (C=N–C) groups is 4. The van der Waals surface area contributed by atoms with E-state index >= 15 is 0 Å². The molecule has 0 N–H and O–H groups in total. The molecular formula is C22H34N4O4. The highest BCUT2D eigenvalue weighted by molar-refractivity contribution is 5.33. The second-order valence-corrected chi connectivity index (χ2v) is 9.22. The molecule has 166 valence electrons. The van der Waals surface area contributed by atoms with Gasteiger partial charge in [-0.15, -0.1) is 0 Å². The number of carbonyl (C=O) groups excluding carboxylic acids is 4. The van der Waals surface area contributed by atoms with E-state index in [2.05, 4.69) is 47.7 Å². The van der Waals surface area contributed by atoms with Crippen molar-refractivity contribution < 1.29 is 19.2 Å². The standard InChI is InChI=1S/C22H34N4O4/c1-18(6-8-23-14-27)10-22(5,13-26-17-30)11-20(19(2)12-25-16-29)21(3,4)7-9-24-15-28/h18-20H,6-13H2,1-5H3. The lowest BCUT2D eigenvalue weighted by Gasteiger charge is -2.43. The summed E-state index contributed by atoms with van der Waals surface area (Å²) in [7, 11) is 0. The van der Waals surface area contributed by atoms with Crippen molar-refractivity contribution in [3.05, 3.63) is 0 Å². The van der Waals surface area contributed by atoms with E-state index in [1.54, 1.807) is 24.3 Å². The van der Waals surface area contributed by atoms with Crippen molar-refractivity contribution in [2.24, 2.45) is 48.6 Å². The van der Waals surface area contributed by atoms with Crippen LogP contribution in [0, 0.1) is 28.6 Å². The van der Waals surface area contributed by atoms with Crippen molar-refractivity contribution in [3.63, 3.8) is 0 Å². The summed E-state index contributed by atoms with van der Waals surface area (Å²) in [5.41, 5.74) is -0.494. The Bertz CT molecular complexity index is 713. The van der Waals surface area contributed by atoms with Gasteiger partial charge < -0.3 is 0 Å². The van der Waals surface area contributed by atoms with E-state index in [1.165, 1.54) is 0 Å². The minimum Gasteiger partial charge on any atom is -0.211 e. The SMILES string of the molecule is CC(CCN=C=O)CC(C)(CN=C=O)CC(C(C)CN=C=O)C(C)(C)CCN=C=O. The van der Waals surface area contributed by atoms with Crippen LogP contribution in [0.3, 0.4) is 0 Å². The van der Waals surface area contributed by atoms with Gasteiger partial charge >= 0.3 is 0 Å². The smallest absolute Gasteiger partial charge is 0.211 e. The second kappa shape index (κ2) is 14.5. The maximum atomic E-state index is 10.8. The Kier molecular flexibility index (Phi) is 13.3. The molecule has 0 aliphatic heterocycles. The summed E-state index contributed by atoms with van der Waals surface area (Å²) in [5, 5.41) is 0. The minimum absolute atomic E-state index is 0.0798. The highest BCUT2D eigenvalue weighted by atomic mass is 16.1. The molecule has 0 aliphatic carbocycles. The van der Waals surface area contributed by atoms with E-state index in [0.717, 1.165) is 19.3 Å². The van der Waals surface area contributed by atoms with Gasteiger partial charge in [-0.2, -0.15) is 0 Å². The molecule has 8 nitrogen and oxygen atoms in total. The third-order valence-corrected chi connectivity index (χ3v) is 5.94. The molecule has 8 heteroatoms. The van der Waals surface area contributed by atoms with Crippen LogP contribution in [-0.2, 0) is 19.2 Å². The molecule has 4 atom stereocenters. The number of isocyanates is 4. The normalized spacial score (nSPS) is 15.8. The Labute approximate surface area is 179 Å². The largest absolute Gasteiger partial charge is 0.234 e. The molecule has 0 bridgehead atoms. The molecule has 0 fully saturated rings. The maximum Gasteiger partial charge on any atom is 0.234 e. The highest BCUT2D eigenvalue weighted by Crippen LogP contribution is 2.45. The van der Waals surface area contributed by atoms with Crippen molar-refractivity contribution in [3.8, 4) is 0 Å². The molecular weight excluding hydrogens is 384 g/mol. The molecule has 0 aromatic carbocycles. The predicted octanol–water partition coefficient (Wildman–Crippen LogP) is 3.81. The molecule has 0 aliphatic rings. The van der Waals surface area contributed by atoms with Crippen molar-refractivity contribution >= 4 is 24.3 Å². The van der Waals surface area contributed by atoms with Gasteiger partial charge in [0.15, 0.2) is 0 Å². The Balaban J connectivity index is 5.74. The predicted molar refractivity (Wildman–Crippen MR) is 114 cm³/mol. The van der Waals surface area contributed by atoms with Crippen LogP contribution in [0.25, 0.3) is 0 Å². The van der Waals surface area contributed by atoms with Crippen molar-refractivity contribution in [1.29, 1.82) is 0 Å². The zero-order chi connectivity index (χ0) is 23.0. The second-order valence-electron chi connectivity index (χ2n) is 9.22. The third kappa shape index (κ3) is 10.9. The first-order valence-electron chi connectivity index (χ1n) is 10.3. The third-order valence-electron chi connectivity index (χ3n) is 5.94. The van der Waals surface area contributed by atoms with Gasteiger partial charge in [0.1, 0.15) is 0 Å². The first-order valence-corrected chi connectivity index (χ1v) is 10.3. The van der Waals surface area contributed by atoms with E-state index in [0.29, 0.717) is 32.6 Å². The van der Waals surface area contributed by atoms with Crippen LogP contribution in [0.5, 0.6) is 0 Å². The lowest BCUT2D eigenvalue weighted by molar-refractivity contribution is 0.0711. The van der Waals surface area contributed by atoms with Gasteiger partial charge in [0.05, 0.1) is 26.2 Å². The van der Waals surface area contributed by atoms with E-state index < -0.39 is 0 Å². The van der Waals surface area contributed by atoms with Crippen molar-refractivity contribution in [2.45, 2.75) is 60.3 Å². The molecule has 0 aromatic heterocycles.